The number of carboxylic acid groups (broad SMARTS) is 1. The summed E-state index contributed by atoms with van der Waals surface area (Å²) in [5.41, 5.74) is 5.26. The van der Waals surface area contributed by atoms with Gasteiger partial charge in [0.2, 0.25) is 0 Å². The van der Waals surface area contributed by atoms with Crippen molar-refractivity contribution in [2.75, 3.05) is 31.2 Å². The molecule has 42 heavy (non-hydrogen) atoms. The van der Waals surface area contributed by atoms with Gasteiger partial charge in [-0.25, -0.2) is 9.37 Å². The first kappa shape index (κ1) is 28.7. The molecular formula is C33H35BrFN3O4. The highest BCUT2D eigenvalue weighted by atomic mass is 79.9. The fourth-order valence-electron chi connectivity index (χ4n) is 6.09. The number of carbonyl (C=O) groups is 1. The minimum absolute atomic E-state index is 0.0919. The van der Waals surface area contributed by atoms with E-state index in [0.717, 1.165) is 89.1 Å². The number of imidazole rings is 1. The number of aliphatic carboxylic acids is 1. The minimum Gasteiger partial charge on any atom is -0.490 e. The van der Waals surface area contributed by atoms with Gasteiger partial charge in [0.25, 0.3) is 0 Å². The van der Waals surface area contributed by atoms with Gasteiger partial charge in [0.1, 0.15) is 5.82 Å². The number of carboxylic acids is 1. The maximum atomic E-state index is 15.0. The highest BCUT2D eigenvalue weighted by molar-refractivity contribution is 9.10. The zero-order valence-corrected chi connectivity index (χ0v) is 25.5. The predicted molar refractivity (Wildman–Crippen MR) is 165 cm³/mol. The van der Waals surface area contributed by atoms with Crippen molar-refractivity contribution in [3.63, 3.8) is 0 Å². The molecule has 2 aromatic carbocycles. The molecule has 4 aromatic rings. The zero-order chi connectivity index (χ0) is 29.4. The maximum Gasteiger partial charge on any atom is 0.307 e. The molecular weight excluding hydrogens is 601 g/mol. The van der Waals surface area contributed by atoms with E-state index in [1.807, 2.05) is 47.9 Å². The van der Waals surface area contributed by atoms with Gasteiger partial charge in [-0.3, -0.25) is 9.20 Å². The Morgan fingerprint density at radius 3 is 2.62 bits per heavy atom. The lowest BCUT2D eigenvalue weighted by Gasteiger charge is -2.41. The van der Waals surface area contributed by atoms with Crippen LogP contribution < -0.4 is 9.64 Å². The summed E-state index contributed by atoms with van der Waals surface area (Å²) in [4.78, 5) is 19.3. The summed E-state index contributed by atoms with van der Waals surface area (Å²) in [7, 11) is 0. The van der Waals surface area contributed by atoms with Crippen LogP contribution in [-0.2, 0) is 16.0 Å². The minimum atomic E-state index is -0.877. The summed E-state index contributed by atoms with van der Waals surface area (Å²) >= 11 is 3.73. The molecule has 0 unspecified atom stereocenters. The molecule has 3 aliphatic heterocycles. The Morgan fingerprint density at radius 2 is 1.83 bits per heavy atom. The van der Waals surface area contributed by atoms with Crippen LogP contribution in [0.3, 0.4) is 0 Å². The Hall–Kier alpha value is -3.43. The van der Waals surface area contributed by atoms with Crippen LogP contribution >= 0.6 is 15.9 Å². The Balaban J connectivity index is 1.52. The van der Waals surface area contributed by atoms with Crippen molar-refractivity contribution in [1.29, 1.82) is 0 Å². The van der Waals surface area contributed by atoms with Crippen LogP contribution in [0.25, 0.3) is 28.0 Å². The van der Waals surface area contributed by atoms with Crippen molar-refractivity contribution >= 4 is 33.4 Å². The number of ether oxygens (including phenoxy) is 2. The fourth-order valence-corrected chi connectivity index (χ4v) is 6.61. The van der Waals surface area contributed by atoms with Crippen LogP contribution in [0.5, 0.6) is 5.75 Å². The number of para-hydroxylation sites is 1. The maximum absolute atomic E-state index is 15.0. The van der Waals surface area contributed by atoms with E-state index in [0.29, 0.717) is 18.8 Å². The quantitative estimate of drug-likeness (QED) is 0.247. The molecule has 0 aliphatic carbocycles. The molecule has 1 saturated heterocycles. The second-order valence-corrected chi connectivity index (χ2v) is 12.3. The number of pyridine rings is 1. The number of piperidine rings is 1. The van der Waals surface area contributed by atoms with Crippen molar-refractivity contribution in [1.82, 2.24) is 9.38 Å². The van der Waals surface area contributed by atoms with Crippen molar-refractivity contribution < 1.29 is 23.8 Å². The Labute approximate surface area is 253 Å². The molecule has 7 nitrogen and oxygen atoms in total. The number of benzene rings is 2. The van der Waals surface area contributed by atoms with Crippen LogP contribution in [-0.4, -0.2) is 52.4 Å². The molecule has 1 N–H and O–H groups in total. The molecule has 6 bridgehead atoms. The molecule has 9 heteroatoms. The summed E-state index contributed by atoms with van der Waals surface area (Å²) in [5.74, 6) is -0.144. The third kappa shape index (κ3) is 5.52. The molecule has 0 radical (unpaired) electrons. The second kappa shape index (κ2) is 11.7. The van der Waals surface area contributed by atoms with Gasteiger partial charge in [0.15, 0.2) is 17.2 Å². The molecule has 3 aliphatic rings. The normalized spacial score (nSPS) is 17.2. The van der Waals surface area contributed by atoms with E-state index in [9.17, 15) is 14.3 Å². The van der Waals surface area contributed by atoms with Crippen LogP contribution in [0, 0.1) is 12.7 Å². The van der Waals surface area contributed by atoms with E-state index in [-0.39, 0.29) is 23.6 Å². The van der Waals surface area contributed by atoms with Crippen LogP contribution in [0.4, 0.5) is 10.2 Å². The first-order valence-corrected chi connectivity index (χ1v) is 15.4. The lowest BCUT2D eigenvalue weighted by Crippen LogP contribution is -2.45. The Kier molecular flexibility index (Phi) is 7.98. The largest absolute Gasteiger partial charge is 0.490 e. The monoisotopic (exact) mass is 635 g/mol. The number of rotatable bonds is 2. The lowest BCUT2D eigenvalue weighted by molar-refractivity contribution is -0.136. The van der Waals surface area contributed by atoms with Crippen molar-refractivity contribution in [3.8, 4) is 28.1 Å². The van der Waals surface area contributed by atoms with E-state index >= 15 is 0 Å². The first-order chi connectivity index (χ1) is 20.2. The van der Waals surface area contributed by atoms with Crippen molar-refractivity contribution in [3.05, 3.63) is 70.1 Å². The third-order valence-corrected chi connectivity index (χ3v) is 9.50. The Bertz CT molecular complexity index is 1640. The molecule has 5 heterocycles. The van der Waals surface area contributed by atoms with Gasteiger partial charge in [-0.15, -0.1) is 0 Å². The summed E-state index contributed by atoms with van der Waals surface area (Å²) in [6.07, 6.45) is 6.19. The zero-order valence-electron chi connectivity index (χ0n) is 24.0. The second-order valence-electron chi connectivity index (χ2n) is 11.5. The van der Waals surface area contributed by atoms with E-state index < -0.39 is 5.97 Å². The topological polar surface area (TPSA) is 76.3 Å². The SMILES string of the molecule is Cc1c(CC(=O)O)c2n3cc(nc3c1Br)-c1cccc(c1)-c1cccc(F)c1OCCCCCOC1(C)CCN2CC1. The Morgan fingerprint density at radius 1 is 1.10 bits per heavy atom. The van der Waals surface area contributed by atoms with E-state index in [4.69, 9.17) is 14.5 Å². The summed E-state index contributed by atoms with van der Waals surface area (Å²) in [5, 5.41) is 9.85. The molecule has 0 atom stereocenters. The summed E-state index contributed by atoms with van der Waals surface area (Å²) in [6.45, 7) is 6.70. The van der Waals surface area contributed by atoms with Crippen LogP contribution in [0.15, 0.2) is 53.1 Å². The van der Waals surface area contributed by atoms with Crippen LogP contribution in [0.2, 0.25) is 0 Å². The predicted octanol–water partition coefficient (Wildman–Crippen LogP) is 7.44. The lowest BCUT2D eigenvalue weighted by atomic mass is 9.92. The number of nitrogens with zero attached hydrogens (tertiary/aromatic N) is 3. The average molecular weight is 637 g/mol. The third-order valence-electron chi connectivity index (χ3n) is 8.55. The van der Waals surface area contributed by atoms with Gasteiger partial charge in [0, 0.05) is 42.6 Å². The fraction of sp³-hybridized carbons (Fsp3) is 0.394. The van der Waals surface area contributed by atoms with Gasteiger partial charge < -0.3 is 19.5 Å². The van der Waals surface area contributed by atoms with Gasteiger partial charge in [-0.2, -0.15) is 0 Å². The first-order valence-electron chi connectivity index (χ1n) is 14.6. The van der Waals surface area contributed by atoms with E-state index in [2.05, 4.69) is 27.8 Å². The molecule has 0 amide bonds. The molecule has 7 rings (SSSR count). The molecule has 0 saturated carbocycles. The number of hydrogen-bond donors (Lipinski definition) is 1. The van der Waals surface area contributed by atoms with Gasteiger partial charge >= 0.3 is 5.97 Å². The highest BCUT2D eigenvalue weighted by Gasteiger charge is 2.33. The number of aromatic nitrogens is 2. The number of halogens is 2. The standard InChI is InChI=1S/C33H35BrFN3O4/c1-21-25(19-28(39)40)32-37-14-12-33(2,13-15-37)42-17-5-3-4-16-41-30-24(10-7-11-26(30)35)22-8-6-9-23(18-22)27-20-38(32)31(36-27)29(21)34/h6-11,18,20H,3-5,12-17,19H2,1-2H3,(H,39,40). The van der Waals surface area contributed by atoms with Gasteiger partial charge in [-0.1, -0.05) is 30.3 Å². The summed E-state index contributed by atoms with van der Waals surface area (Å²) < 4.78 is 30.2. The number of anilines is 1. The number of fused-ring (bicyclic) bond motifs is 8. The average Bonchev–Trinajstić information content (AvgIpc) is 3.42. The molecule has 2 aromatic heterocycles. The molecule has 0 spiro atoms. The smallest absolute Gasteiger partial charge is 0.307 e. The van der Waals surface area contributed by atoms with Crippen molar-refractivity contribution in [2.24, 2.45) is 0 Å². The summed E-state index contributed by atoms with van der Waals surface area (Å²) in [6, 6.07) is 12.9. The van der Waals surface area contributed by atoms with Crippen molar-refractivity contribution in [2.45, 2.75) is 58.0 Å². The van der Waals surface area contributed by atoms with E-state index in [1.165, 1.54) is 6.07 Å². The van der Waals surface area contributed by atoms with Gasteiger partial charge in [0.05, 0.1) is 28.8 Å². The van der Waals surface area contributed by atoms with Gasteiger partial charge in [-0.05, 0) is 85.1 Å². The van der Waals surface area contributed by atoms with E-state index in [1.54, 1.807) is 6.07 Å². The molecule has 1 fully saturated rings. The highest BCUT2D eigenvalue weighted by Crippen LogP contribution is 2.39. The molecule has 220 valence electrons. The van der Waals surface area contributed by atoms with Crippen LogP contribution in [0.1, 0.15) is 50.2 Å². The number of hydrogen-bond acceptors (Lipinski definition) is 5.